The molecule has 1 aliphatic heterocycles. The van der Waals surface area contributed by atoms with Crippen LogP contribution in [0.4, 0.5) is 5.69 Å². The number of nitro groups is 1. The van der Waals surface area contributed by atoms with Gasteiger partial charge in [-0.1, -0.05) is 0 Å². The molecule has 7 nitrogen and oxygen atoms in total. The number of hydrogen-bond acceptors (Lipinski definition) is 5. The minimum Gasteiger partial charge on any atom is -0.478 e. The van der Waals surface area contributed by atoms with E-state index < -0.39 is 10.9 Å². The van der Waals surface area contributed by atoms with Crippen LogP contribution in [0.25, 0.3) is 0 Å². The monoisotopic (exact) mass is 303 g/mol. The van der Waals surface area contributed by atoms with Crippen molar-refractivity contribution in [1.82, 2.24) is 10.6 Å². The molecule has 22 heavy (non-hydrogen) atoms. The second-order valence-electron chi connectivity index (χ2n) is 5.58. The average Bonchev–Trinajstić information content (AvgIpc) is 2.48. The highest BCUT2D eigenvalue weighted by Gasteiger charge is 2.47. The fourth-order valence-corrected chi connectivity index (χ4v) is 3.07. The molecule has 0 aromatic heterocycles. The van der Waals surface area contributed by atoms with Crippen molar-refractivity contribution in [3.63, 3.8) is 0 Å². The molecule has 116 valence electrons. The van der Waals surface area contributed by atoms with Crippen molar-refractivity contribution < 1.29 is 14.8 Å². The number of fused-ring (bicyclic) bond motifs is 3. The summed E-state index contributed by atoms with van der Waals surface area (Å²) in [6.07, 6.45) is 2.86. The number of benzene rings is 1. The molecule has 2 unspecified atom stereocenters. The number of carboxylic acid groups (broad SMARTS) is 1. The second kappa shape index (κ2) is 5.67. The molecule has 1 heterocycles. The summed E-state index contributed by atoms with van der Waals surface area (Å²) in [4.78, 5) is 19.9. The van der Waals surface area contributed by atoms with Gasteiger partial charge in [-0.3, -0.25) is 10.1 Å². The average molecular weight is 303 g/mol. The Labute approximate surface area is 127 Å². The van der Waals surface area contributed by atoms with Gasteiger partial charge in [0.25, 0.3) is 5.69 Å². The quantitative estimate of drug-likeness (QED) is 0.567. The van der Waals surface area contributed by atoms with E-state index in [2.05, 4.69) is 10.6 Å². The molecule has 0 radical (unpaired) electrons. The third-order valence-electron chi connectivity index (χ3n) is 4.39. The van der Waals surface area contributed by atoms with Crippen molar-refractivity contribution >= 4 is 11.7 Å². The fraction of sp³-hybridized carbons (Fsp3) is 0.400. The number of aromatic carboxylic acids is 1. The van der Waals surface area contributed by atoms with Gasteiger partial charge in [-0.15, -0.1) is 0 Å². The van der Waals surface area contributed by atoms with E-state index in [0.717, 1.165) is 37.1 Å². The number of nitro benzene ring substituents is 1. The third-order valence-corrected chi connectivity index (χ3v) is 4.39. The minimum absolute atomic E-state index is 0.0422. The van der Waals surface area contributed by atoms with Crippen LogP contribution in [-0.2, 0) is 0 Å². The number of nitrogens with one attached hydrogen (secondary N) is 2. The van der Waals surface area contributed by atoms with E-state index in [-0.39, 0.29) is 11.3 Å². The number of nitrogens with zero attached hydrogens (tertiary/aromatic N) is 1. The molecule has 0 bridgehead atoms. The third kappa shape index (κ3) is 2.49. The van der Waals surface area contributed by atoms with Gasteiger partial charge in [0.05, 0.1) is 10.5 Å². The summed E-state index contributed by atoms with van der Waals surface area (Å²) < 4.78 is 0. The summed E-state index contributed by atoms with van der Waals surface area (Å²) >= 11 is 0. The Morgan fingerprint density at radius 1 is 1.09 bits per heavy atom. The molecule has 3 aliphatic rings. The van der Waals surface area contributed by atoms with Crippen molar-refractivity contribution in [2.75, 3.05) is 13.1 Å². The maximum Gasteiger partial charge on any atom is 0.335 e. The molecule has 1 saturated carbocycles. The van der Waals surface area contributed by atoms with E-state index in [1.807, 2.05) is 0 Å². The normalized spacial score (nSPS) is 24.0. The van der Waals surface area contributed by atoms with Gasteiger partial charge in [0.15, 0.2) is 0 Å². The van der Waals surface area contributed by atoms with Crippen LogP contribution in [0.1, 0.15) is 23.2 Å². The van der Waals surface area contributed by atoms with Gasteiger partial charge in [0.2, 0.25) is 0 Å². The summed E-state index contributed by atoms with van der Waals surface area (Å²) in [6.45, 7) is 2.25. The van der Waals surface area contributed by atoms with Crippen LogP contribution in [0.15, 0.2) is 35.7 Å². The van der Waals surface area contributed by atoms with Gasteiger partial charge in [0, 0.05) is 48.5 Å². The zero-order chi connectivity index (χ0) is 15.7. The maximum atomic E-state index is 10.3. The lowest BCUT2D eigenvalue weighted by molar-refractivity contribution is -0.384. The first kappa shape index (κ1) is 14.4. The number of rotatable bonds is 2. The summed E-state index contributed by atoms with van der Waals surface area (Å²) in [5.74, 6) is 0.774. The predicted molar refractivity (Wildman–Crippen MR) is 79.3 cm³/mol. The molecule has 2 aliphatic carbocycles. The Kier molecular flexibility index (Phi) is 3.70. The van der Waals surface area contributed by atoms with Crippen LogP contribution in [0.3, 0.4) is 0 Å². The van der Waals surface area contributed by atoms with Crippen molar-refractivity contribution in [2.45, 2.75) is 12.8 Å². The SMILES string of the molecule is C1CNC2=C(N1)C1CCC21.O=C(O)c1ccc([N+](=O)[O-])cc1. The molecule has 0 saturated heterocycles. The van der Waals surface area contributed by atoms with E-state index in [0.29, 0.717) is 0 Å². The van der Waals surface area contributed by atoms with Crippen molar-refractivity contribution in [3.05, 3.63) is 51.3 Å². The first-order valence-electron chi connectivity index (χ1n) is 7.27. The largest absolute Gasteiger partial charge is 0.478 e. The van der Waals surface area contributed by atoms with Gasteiger partial charge in [-0.05, 0) is 25.0 Å². The Balaban J connectivity index is 0.000000132. The number of hydrogen-bond donors (Lipinski definition) is 3. The highest BCUT2D eigenvalue weighted by molar-refractivity contribution is 5.87. The van der Waals surface area contributed by atoms with E-state index in [9.17, 15) is 14.9 Å². The van der Waals surface area contributed by atoms with Crippen molar-refractivity contribution in [2.24, 2.45) is 11.8 Å². The second-order valence-corrected chi connectivity index (χ2v) is 5.58. The van der Waals surface area contributed by atoms with E-state index in [1.165, 1.54) is 25.0 Å². The number of allylic oxidation sites excluding steroid dienone is 2. The molecule has 1 fully saturated rings. The molecule has 1 aromatic rings. The first-order chi connectivity index (χ1) is 10.6. The van der Waals surface area contributed by atoms with Crippen LogP contribution in [-0.4, -0.2) is 29.1 Å². The zero-order valence-electron chi connectivity index (χ0n) is 11.9. The highest BCUT2D eigenvalue weighted by Crippen LogP contribution is 2.52. The maximum absolute atomic E-state index is 10.3. The predicted octanol–water partition coefficient (Wildman–Crippen LogP) is 1.72. The lowest BCUT2D eigenvalue weighted by atomic mass is 9.60. The topological polar surface area (TPSA) is 104 Å². The summed E-state index contributed by atoms with van der Waals surface area (Å²) in [6, 6.07) is 4.70. The van der Waals surface area contributed by atoms with Gasteiger partial charge < -0.3 is 15.7 Å². The molecule has 0 spiro atoms. The van der Waals surface area contributed by atoms with Gasteiger partial charge in [-0.25, -0.2) is 4.79 Å². The van der Waals surface area contributed by atoms with Crippen LogP contribution in [0, 0.1) is 22.0 Å². The van der Waals surface area contributed by atoms with Crippen LogP contribution in [0.5, 0.6) is 0 Å². The van der Waals surface area contributed by atoms with Crippen molar-refractivity contribution in [1.29, 1.82) is 0 Å². The number of carboxylic acids is 1. The molecular formula is C15H17N3O4. The van der Waals surface area contributed by atoms with Gasteiger partial charge >= 0.3 is 5.97 Å². The summed E-state index contributed by atoms with van der Waals surface area (Å²) in [5, 5.41) is 25.5. The fourth-order valence-electron chi connectivity index (χ4n) is 3.07. The molecule has 3 N–H and O–H groups in total. The van der Waals surface area contributed by atoms with E-state index >= 15 is 0 Å². The Morgan fingerprint density at radius 2 is 1.59 bits per heavy atom. The first-order valence-corrected chi connectivity index (χ1v) is 7.27. The standard InChI is InChI=1S/C8H12N2.C7H5NO4/c1-2-6-5(1)7-8(6)10-4-3-9-7;9-7(10)5-1-3-6(4-2-5)8(11)12/h5-6,9-10H,1-4H2;1-4H,(H,9,10). The van der Waals surface area contributed by atoms with Crippen molar-refractivity contribution in [3.8, 4) is 0 Å². The molecule has 0 amide bonds. The van der Waals surface area contributed by atoms with Gasteiger partial charge in [0.1, 0.15) is 0 Å². The minimum atomic E-state index is -1.09. The lowest BCUT2D eigenvalue weighted by Crippen LogP contribution is -2.54. The molecule has 1 aromatic carbocycles. The lowest BCUT2D eigenvalue weighted by Gasteiger charge is -2.52. The molecule has 2 atom stereocenters. The Hall–Kier alpha value is -2.57. The zero-order valence-corrected chi connectivity index (χ0v) is 11.9. The van der Waals surface area contributed by atoms with Crippen LogP contribution >= 0.6 is 0 Å². The smallest absolute Gasteiger partial charge is 0.335 e. The number of carbonyl (C=O) groups is 1. The molecule has 4 rings (SSSR count). The van der Waals surface area contributed by atoms with E-state index in [4.69, 9.17) is 5.11 Å². The van der Waals surface area contributed by atoms with Crippen LogP contribution in [0.2, 0.25) is 0 Å². The Bertz CT molecular complexity index is 584. The van der Waals surface area contributed by atoms with E-state index in [1.54, 1.807) is 11.4 Å². The summed E-state index contributed by atoms with van der Waals surface area (Å²) in [5.41, 5.74) is 3.02. The van der Waals surface area contributed by atoms with Gasteiger partial charge in [-0.2, -0.15) is 0 Å². The highest BCUT2D eigenvalue weighted by atomic mass is 16.6. The summed E-state index contributed by atoms with van der Waals surface area (Å²) in [7, 11) is 0. The van der Waals surface area contributed by atoms with Crippen LogP contribution < -0.4 is 10.6 Å². The molecule has 7 heteroatoms. The molecular weight excluding hydrogens is 286 g/mol. The number of non-ortho nitro benzene ring substituents is 1. The Morgan fingerprint density at radius 3 is 1.95 bits per heavy atom.